The fourth-order valence-electron chi connectivity index (χ4n) is 1.77. The summed E-state index contributed by atoms with van der Waals surface area (Å²) in [6, 6.07) is 13.8. The molecule has 0 saturated carbocycles. The Bertz CT molecular complexity index is 612. The monoisotopic (exact) mass is 288 g/mol. The van der Waals surface area contributed by atoms with Crippen molar-refractivity contribution >= 4 is 23.3 Å². The van der Waals surface area contributed by atoms with E-state index in [1.54, 1.807) is 36.4 Å². The summed E-state index contributed by atoms with van der Waals surface area (Å²) in [5.41, 5.74) is 10.4. The second-order valence-electron chi connectivity index (χ2n) is 4.20. The van der Waals surface area contributed by atoms with Crippen LogP contribution < -0.4 is 9.85 Å². The second-order valence-corrected chi connectivity index (χ2v) is 4.63. The molecule has 0 aliphatic carbocycles. The minimum Gasteiger partial charge on any atom is -0.502 e. The van der Waals surface area contributed by atoms with Crippen LogP contribution in [0.15, 0.2) is 48.5 Å². The molecular formula is C15H13ClN2O2. The summed E-state index contributed by atoms with van der Waals surface area (Å²) in [4.78, 5) is 11.7. The van der Waals surface area contributed by atoms with Gasteiger partial charge in [0.15, 0.2) is 5.69 Å². The summed E-state index contributed by atoms with van der Waals surface area (Å²) >= 11 is 5.75. The minimum absolute atomic E-state index is 0.224. The molecule has 4 nitrogen and oxygen atoms in total. The van der Waals surface area contributed by atoms with Gasteiger partial charge in [0.25, 0.3) is 0 Å². The summed E-state index contributed by atoms with van der Waals surface area (Å²) < 4.78 is 5.18. The van der Waals surface area contributed by atoms with Crippen molar-refractivity contribution < 1.29 is 14.6 Å². The van der Waals surface area contributed by atoms with Gasteiger partial charge in [-0.2, -0.15) is 0 Å². The summed E-state index contributed by atoms with van der Waals surface area (Å²) in [7, 11) is 0. The summed E-state index contributed by atoms with van der Waals surface area (Å²) in [5, 5.41) is 2.70. The van der Waals surface area contributed by atoms with Gasteiger partial charge < -0.3 is 10.3 Å². The molecular weight excluding hydrogens is 276 g/mol. The number of nitrogens with zero attached hydrogens (tertiary/aromatic N) is 1. The third-order valence-electron chi connectivity index (χ3n) is 2.78. The van der Waals surface area contributed by atoms with Gasteiger partial charge in [0.2, 0.25) is 0 Å². The number of hydrogen-bond donors (Lipinski definition) is 1. The summed E-state index contributed by atoms with van der Waals surface area (Å²) in [5.74, 6) is 0.132. The number of nitrogens with one attached hydrogen (secondary N) is 1. The number of halogens is 1. The molecule has 0 heterocycles. The Morgan fingerprint density at radius 1 is 1.15 bits per heavy atom. The topological polar surface area (TPSA) is 62.6 Å². The molecule has 0 fully saturated rings. The van der Waals surface area contributed by atoms with Crippen molar-refractivity contribution in [3.05, 3.63) is 64.6 Å². The van der Waals surface area contributed by atoms with Crippen LogP contribution in [0.1, 0.15) is 12.0 Å². The summed E-state index contributed by atoms with van der Waals surface area (Å²) in [6.45, 7) is 0. The molecule has 20 heavy (non-hydrogen) atoms. The highest BCUT2D eigenvalue weighted by molar-refractivity contribution is 6.30. The maximum absolute atomic E-state index is 11.7. The molecule has 2 rings (SSSR count). The quantitative estimate of drug-likeness (QED) is 0.522. The van der Waals surface area contributed by atoms with Gasteiger partial charge in [-0.25, -0.2) is 0 Å². The maximum Gasteiger partial charge on any atom is 0.311 e. The Labute approximate surface area is 121 Å². The van der Waals surface area contributed by atoms with Gasteiger partial charge in [-0.05, 0) is 30.7 Å². The van der Waals surface area contributed by atoms with Crippen LogP contribution in [0.3, 0.4) is 0 Å². The molecule has 102 valence electrons. The molecule has 5 heteroatoms. The number of carbonyl (C=O) groups excluding carboxylic acids is 1. The van der Waals surface area contributed by atoms with Gasteiger partial charge in [-0.15, -0.1) is 0 Å². The number of benzene rings is 2. The maximum atomic E-state index is 11.7. The van der Waals surface area contributed by atoms with Crippen molar-refractivity contribution in [1.29, 1.82) is 0 Å². The van der Waals surface area contributed by atoms with Crippen molar-refractivity contribution in [2.75, 3.05) is 0 Å². The number of rotatable bonds is 5. The highest BCUT2D eigenvalue weighted by Gasteiger charge is 2.09. The molecule has 2 aromatic carbocycles. The Balaban J connectivity index is 1.92. The van der Waals surface area contributed by atoms with E-state index in [1.807, 2.05) is 12.1 Å². The van der Waals surface area contributed by atoms with Gasteiger partial charge in [-0.3, -0.25) is 9.91 Å². The van der Waals surface area contributed by atoms with E-state index in [1.165, 1.54) is 0 Å². The molecule has 0 spiro atoms. The number of para-hydroxylation sites is 1. The smallest absolute Gasteiger partial charge is 0.311 e. The van der Waals surface area contributed by atoms with E-state index >= 15 is 0 Å². The highest BCUT2D eigenvalue weighted by Crippen LogP contribution is 2.17. The number of aryl methyl sites for hydroxylation is 1. The molecule has 0 bridgehead atoms. The van der Waals surface area contributed by atoms with Crippen LogP contribution in [0.2, 0.25) is 5.02 Å². The fourth-order valence-corrected chi connectivity index (χ4v) is 1.90. The molecule has 0 unspecified atom stereocenters. The van der Waals surface area contributed by atoms with Gasteiger partial charge in [0.05, 0.1) is 6.42 Å². The van der Waals surface area contributed by atoms with Crippen LogP contribution in [0.25, 0.3) is 5.53 Å². The molecule has 0 atom stereocenters. The normalized spacial score (nSPS) is 10.1. The van der Waals surface area contributed by atoms with Crippen molar-refractivity contribution in [2.24, 2.45) is 0 Å². The first kappa shape index (κ1) is 14.2. The third kappa shape index (κ3) is 3.90. The molecule has 0 aromatic heterocycles. The zero-order valence-corrected chi connectivity index (χ0v) is 11.4. The summed E-state index contributed by atoms with van der Waals surface area (Å²) in [6.07, 6.45) is 0.706. The van der Waals surface area contributed by atoms with Gasteiger partial charge in [-0.1, -0.05) is 29.8 Å². The Morgan fingerprint density at radius 2 is 1.85 bits per heavy atom. The first-order valence-electron chi connectivity index (χ1n) is 6.13. The van der Waals surface area contributed by atoms with Gasteiger partial charge in [0, 0.05) is 16.7 Å². The van der Waals surface area contributed by atoms with Crippen LogP contribution in [0.5, 0.6) is 5.75 Å². The van der Waals surface area contributed by atoms with Crippen molar-refractivity contribution in [3.8, 4) is 5.75 Å². The predicted molar refractivity (Wildman–Crippen MR) is 75.8 cm³/mol. The van der Waals surface area contributed by atoms with Crippen LogP contribution in [0, 0.1) is 0 Å². The van der Waals surface area contributed by atoms with E-state index in [0.29, 0.717) is 22.9 Å². The van der Waals surface area contributed by atoms with E-state index in [4.69, 9.17) is 21.9 Å². The molecule has 2 aromatic rings. The third-order valence-corrected chi connectivity index (χ3v) is 3.03. The lowest BCUT2D eigenvalue weighted by Crippen LogP contribution is -2.55. The van der Waals surface area contributed by atoms with Crippen LogP contribution in [-0.4, -0.2) is 5.97 Å². The average molecular weight is 289 g/mol. The van der Waals surface area contributed by atoms with E-state index in [2.05, 4.69) is 5.11 Å². The van der Waals surface area contributed by atoms with Crippen LogP contribution in [-0.2, 0) is 11.2 Å². The van der Waals surface area contributed by atoms with E-state index in [9.17, 15) is 4.79 Å². The minimum atomic E-state index is -0.333. The van der Waals surface area contributed by atoms with E-state index in [0.717, 1.165) is 5.56 Å². The van der Waals surface area contributed by atoms with Crippen molar-refractivity contribution in [3.63, 3.8) is 0 Å². The lowest BCUT2D eigenvalue weighted by Gasteiger charge is -2.05. The van der Waals surface area contributed by atoms with E-state index in [-0.39, 0.29) is 12.4 Å². The lowest BCUT2D eigenvalue weighted by molar-refractivity contribution is -0.380. The standard InChI is InChI=1S/C15H13ClN2O2/c16-12-6-8-13(9-7-12)20-15(19)10-5-11-3-1-2-4-14(11)18-17/h1-4,6-9,18H,5,10H2. The zero-order valence-electron chi connectivity index (χ0n) is 10.7. The molecule has 0 radical (unpaired) electrons. The average Bonchev–Trinajstić information content (AvgIpc) is 2.48. The van der Waals surface area contributed by atoms with Crippen molar-refractivity contribution in [2.45, 2.75) is 12.8 Å². The molecule has 1 N–H and O–H groups in total. The van der Waals surface area contributed by atoms with Gasteiger partial charge in [0.1, 0.15) is 5.75 Å². The molecule has 0 aliphatic heterocycles. The highest BCUT2D eigenvalue weighted by atomic mass is 35.5. The lowest BCUT2D eigenvalue weighted by atomic mass is 10.1. The Morgan fingerprint density at radius 3 is 2.55 bits per heavy atom. The second kappa shape index (κ2) is 6.82. The van der Waals surface area contributed by atoms with E-state index < -0.39 is 0 Å². The fraction of sp³-hybridized carbons (Fsp3) is 0.133. The van der Waals surface area contributed by atoms with Crippen LogP contribution in [0.4, 0.5) is 5.69 Å². The Kier molecular flexibility index (Phi) is 4.85. The zero-order chi connectivity index (χ0) is 14.4. The predicted octanol–water partition coefficient (Wildman–Crippen LogP) is 2.61. The molecule has 0 amide bonds. The number of esters is 1. The molecule has 0 aliphatic rings. The first-order valence-corrected chi connectivity index (χ1v) is 6.51. The van der Waals surface area contributed by atoms with Gasteiger partial charge >= 0.3 is 5.97 Å². The largest absolute Gasteiger partial charge is 0.502 e. The molecule has 0 saturated heterocycles. The SMILES string of the molecule is [N-]=[NH+]c1ccccc1CCC(=O)Oc1ccc(Cl)cc1. The Hall–Kier alpha value is -2.20. The number of carbonyl (C=O) groups is 1. The van der Waals surface area contributed by atoms with Crippen molar-refractivity contribution in [1.82, 2.24) is 0 Å². The van der Waals surface area contributed by atoms with Crippen LogP contribution >= 0.6 is 11.6 Å². The first-order chi connectivity index (χ1) is 9.69. The number of ether oxygens (including phenoxy) is 1. The number of hydrogen-bond acceptors (Lipinski definition) is 2.